The SMILES string of the molecule is CCC1CN(C)CCCN1c1ccccc1C(=O)O. The van der Waals surface area contributed by atoms with Gasteiger partial charge in [-0.25, -0.2) is 4.79 Å². The van der Waals surface area contributed by atoms with Crippen molar-refractivity contribution in [1.82, 2.24) is 4.90 Å². The van der Waals surface area contributed by atoms with Gasteiger partial charge in [-0.2, -0.15) is 0 Å². The van der Waals surface area contributed by atoms with Gasteiger partial charge in [-0.1, -0.05) is 19.1 Å². The van der Waals surface area contributed by atoms with Crippen LogP contribution in [-0.2, 0) is 0 Å². The second-order valence-corrected chi connectivity index (χ2v) is 5.19. The van der Waals surface area contributed by atoms with E-state index >= 15 is 0 Å². The zero-order valence-corrected chi connectivity index (χ0v) is 11.7. The summed E-state index contributed by atoms with van der Waals surface area (Å²) in [7, 11) is 2.13. The normalized spacial score (nSPS) is 21.2. The van der Waals surface area contributed by atoms with E-state index in [0.29, 0.717) is 11.6 Å². The van der Waals surface area contributed by atoms with Crippen LogP contribution < -0.4 is 4.90 Å². The lowest BCUT2D eigenvalue weighted by Gasteiger charge is -2.33. The van der Waals surface area contributed by atoms with Crippen LogP contribution in [0.4, 0.5) is 5.69 Å². The van der Waals surface area contributed by atoms with E-state index < -0.39 is 5.97 Å². The third-order valence-corrected chi connectivity index (χ3v) is 3.82. The predicted molar refractivity (Wildman–Crippen MR) is 76.9 cm³/mol. The third-order valence-electron chi connectivity index (χ3n) is 3.82. The van der Waals surface area contributed by atoms with Crippen LogP contribution in [0.3, 0.4) is 0 Å². The molecule has 0 radical (unpaired) electrons. The summed E-state index contributed by atoms with van der Waals surface area (Å²) in [5.74, 6) is -0.844. The van der Waals surface area contributed by atoms with Crippen molar-refractivity contribution in [1.29, 1.82) is 0 Å². The average Bonchev–Trinajstić information content (AvgIpc) is 2.60. The van der Waals surface area contributed by atoms with Gasteiger partial charge in [0.2, 0.25) is 0 Å². The van der Waals surface area contributed by atoms with Crippen molar-refractivity contribution in [2.45, 2.75) is 25.8 Å². The number of carboxylic acid groups (broad SMARTS) is 1. The number of benzene rings is 1. The first-order valence-electron chi connectivity index (χ1n) is 6.91. The molecule has 1 heterocycles. The number of aromatic carboxylic acids is 1. The van der Waals surface area contributed by atoms with Crippen LogP contribution in [0, 0.1) is 0 Å². The minimum absolute atomic E-state index is 0.382. The minimum atomic E-state index is -0.844. The summed E-state index contributed by atoms with van der Waals surface area (Å²) in [5, 5.41) is 9.34. The highest BCUT2D eigenvalue weighted by molar-refractivity contribution is 5.94. The molecule has 104 valence electrons. The number of hydrogen-bond donors (Lipinski definition) is 1. The van der Waals surface area contributed by atoms with E-state index in [1.54, 1.807) is 12.1 Å². The van der Waals surface area contributed by atoms with Gasteiger partial charge in [0.1, 0.15) is 0 Å². The summed E-state index contributed by atoms with van der Waals surface area (Å²) in [6.07, 6.45) is 2.10. The first kappa shape index (κ1) is 13.9. The Bertz CT molecular complexity index is 448. The maximum atomic E-state index is 11.4. The fourth-order valence-corrected chi connectivity index (χ4v) is 2.81. The number of carboxylic acids is 1. The molecule has 1 aromatic carbocycles. The van der Waals surface area contributed by atoms with Crippen LogP contribution in [0.5, 0.6) is 0 Å². The molecule has 1 saturated heterocycles. The number of likely N-dealkylation sites (N-methyl/N-ethyl adjacent to an activating group) is 1. The first-order valence-corrected chi connectivity index (χ1v) is 6.91. The first-order chi connectivity index (χ1) is 9.13. The lowest BCUT2D eigenvalue weighted by atomic mass is 10.1. The fourth-order valence-electron chi connectivity index (χ4n) is 2.81. The van der Waals surface area contributed by atoms with Crippen molar-refractivity contribution in [2.75, 3.05) is 31.6 Å². The molecule has 1 unspecified atom stereocenters. The van der Waals surface area contributed by atoms with E-state index in [4.69, 9.17) is 0 Å². The van der Waals surface area contributed by atoms with Crippen molar-refractivity contribution in [2.24, 2.45) is 0 Å². The van der Waals surface area contributed by atoms with Crippen LogP contribution in [0.2, 0.25) is 0 Å². The smallest absolute Gasteiger partial charge is 0.337 e. The number of anilines is 1. The molecule has 0 amide bonds. The highest BCUT2D eigenvalue weighted by Gasteiger charge is 2.25. The Kier molecular flexibility index (Phi) is 4.43. The Morgan fingerprint density at radius 2 is 2.11 bits per heavy atom. The summed E-state index contributed by atoms with van der Waals surface area (Å²) >= 11 is 0. The Morgan fingerprint density at radius 3 is 2.79 bits per heavy atom. The van der Waals surface area contributed by atoms with Crippen LogP contribution >= 0.6 is 0 Å². The highest BCUT2D eigenvalue weighted by atomic mass is 16.4. The summed E-state index contributed by atoms with van der Waals surface area (Å²) in [6, 6.07) is 7.71. The molecule has 1 aliphatic heterocycles. The quantitative estimate of drug-likeness (QED) is 0.908. The van der Waals surface area contributed by atoms with Gasteiger partial charge in [0, 0.05) is 19.1 Å². The van der Waals surface area contributed by atoms with Crippen LogP contribution in [0.1, 0.15) is 30.1 Å². The van der Waals surface area contributed by atoms with Gasteiger partial charge in [0.25, 0.3) is 0 Å². The zero-order valence-electron chi connectivity index (χ0n) is 11.7. The molecule has 0 saturated carbocycles. The van der Waals surface area contributed by atoms with E-state index in [-0.39, 0.29) is 0 Å². The second-order valence-electron chi connectivity index (χ2n) is 5.19. The van der Waals surface area contributed by atoms with E-state index in [2.05, 4.69) is 23.8 Å². The molecule has 1 N–H and O–H groups in total. The summed E-state index contributed by atoms with van der Waals surface area (Å²) in [6.45, 7) is 5.15. The number of para-hydroxylation sites is 1. The van der Waals surface area contributed by atoms with E-state index in [0.717, 1.165) is 38.2 Å². The molecule has 0 bridgehead atoms. The largest absolute Gasteiger partial charge is 0.478 e. The van der Waals surface area contributed by atoms with Crippen LogP contribution in [0.15, 0.2) is 24.3 Å². The molecule has 4 nitrogen and oxygen atoms in total. The molecule has 0 aromatic heterocycles. The van der Waals surface area contributed by atoms with Crippen molar-refractivity contribution >= 4 is 11.7 Å². The van der Waals surface area contributed by atoms with Gasteiger partial charge >= 0.3 is 5.97 Å². The molecule has 2 rings (SSSR count). The van der Waals surface area contributed by atoms with Gasteiger partial charge in [-0.3, -0.25) is 0 Å². The monoisotopic (exact) mass is 262 g/mol. The van der Waals surface area contributed by atoms with E-state index in [1.165, 1.54) is 0 Å². The third kappa shape index (κ3) is 3.07. The minimum Gasteiger partial charge on any atom is -0.478 e. The predicted octanol–water partition coefficient (Wildman–Crippen LogP) is 2.31. The number of rotatable bonds is 3. The van der Waals surface area contributed by atoms with Crippen molar-refractivity contribution < 1.29 is 9.90 Å². The van der Waals surface area contributed by atoms with Crippen molar-refractivity contribution in [3.05, 3.63) is 29.8 Å². The van der Waals surface area contributed by atoms with Crippen LogP contribution in [-0.4, -0.2) is 48.7 Å². The maximum Gasteiger partial charge on any atom is 0.337 e. The number of nitrogens with zero attached hydrogens (tertiary/aromatic N) is 2. The van der Waals surface area contributed by atoms with Crippen molar-refractivity contribution in [3.63, 3.8) is 0 Å². The van der Waals surface area contributed by atoms with Gasteiger partial charge in [0.15, 0.2) is 0 Å². The van der Waals surface area contributed by atoms with E-state index in [9.17, 15) is 9.90 Å². The summed E-state index contributed by atoms with van der Waals surface area (Å²) in [5.41, 5.74) is 1.27. The fraction of sp³-hybridized carbons (Fsp3) is 0.533. The van der Waals surface area contributed by atoms with Crippen LogP contribution in [0.25, 0.3) is 0 Å². The Labute approximate surface area is 114 Å². The molecule has 1 aliphatic rings. The molecule has 1 atom stereocenters. The zero-order chi connectivity index (χ0) is 13.8. The molecule has 19 heavy (non-hydrogen) atoms. The van der Waals surface area contributed by atoms with Crippen molar-refractivity contribution in [3.8, 4) is 0 Å². The standard InChI is InChI=1S/C15H22N2O2/c1-3-12-11-16(2)9-6-10-17(12)14-8-5-4-7-13(14)15(18)19/h4-5,7-8,12H,3,6,9-11H2,1-2H3,(H,18,19). The number of hydrogen-bond acceptors (Lipinski definition) is 3. The summed E-state index contributed by atoms with van der Waals surface area (Å²) < 4.78 is 0. The lowest BCUT2D eigenvalue weighted by Crippen LogP contribution is -2.40. The molecule has 1 fully saturated rings. The lowest BCUT2D eigenvalue weighted by molar-refractivity contribution is 0.0697. The molecule has 0 aliphatic carbocycles. The highest BCUT2D eigenvalue weighted by Crippen LogP contribution is 2.25. The molecule has 4 heteroatoms. The van der Waals surface area contributed by atoms with Gasteiger partial charge in [-0.05, 0) is 38.6 Å². The Balaban J connectivity index is 2.35. The second kappa shape index (κ2) is 6.06. The van der Waals surface area contributed by atoms with Gasteiger partial charge < -0.3 is 14.9 Å². The molecule has 1 aromatic rings. The van der Waals surface area contributed by atoms with E-state index in [1.807, 2.05) is 12.1 Å². The molecule has 0 spiro atoms. The number of carbonyl (C=O) groups is 1. The van der Waals surface area contributed by atoms with Gasteiger partial charge in [0.05, 0.1) is 11.3 Å². The Hall–Kier alpha value is -1.55. The molecular weight excluding hydrogens is 240 g/mol. The maximum absolute atomic E-state index is 11.4. The summed E-state index contributed by atoms with van der Waals surface area (Å²) in [4.78, 5) is 16.0. The Morgan fingerprint density at radius 1 is 1.37 bits per heavy atom. The topological polar surface area (TPSA) is 43.8 Å². The molecular formula is C15H22N2O2. The van der Waals surface area contributed by atoms with Gasteiger partial charge in [-0.15, -0.1) is 0 Å². The average molecular weight is 262 g/mol.